The van der Waals surface area contributed by atoms with Crippen molar-refractivity contribution >= 4 is 17.0 Å². The molecule has 0 aliphatic carbocycles. The number of aromatic nitrogens is 2. The van der Waals surface area contributed by atoms with E-state index in [-0.39, 0.29) is 0 Å². The van der Waals surface area contributed by atoms with Crippen molar-refractivity contribution in [2.75, 3.05) is 5.32 Å². The van der Waals surface area contributed by atoms with Crippen molar-refractivity contribution in [3.05, 3.63) is 53.6 Å². The molecule has 0 saturated heterocycles. The van der Waals surface area contributed by atoms with Crippen LogP contribution in [0.4, 0.5) is 5.95 Å². The summed E-state index contributed by atoms with van der Waals surface area (Å²) in [7, 11) is 0. The summed E-state index contributed by atoms with van der Waals surface area (Å²) in [4.78, 5) is 4.62. The molecule has 0 unspecified atom stereocenters. The lowest BCUT2D eigenvalue weighted by Crippen LogP contribution is -2.07. The molecule has 0 aliphatic rings. The Morgan fingerprint density at radius 1 is 1.19 bits per heavy atom. The number of phenolic OH excluding ortho intramolecular Hbond substituents is 1. The molecule has 2 N–H and O–H groups in total. The quantitative estimate of drug-likeness (QED) is 0.767. The summed E-state index contributed by atoms with van der Waals surface area (Å²) in [6.07, 6.45) is 0. The minimum absolute atomic E-state index is 0.312. The van der Waals surface area contributed by atoms with Crippen molar-refractivity contribution in [2.24, 2.45) is 0 Å². The Hall–Kier alpha value is -2.49. The molecule has 0 amide bonds. The number of nitrogens with one attached hydrogen (secondary N) is 1. The molecule has 0 radical (unpaired) electrons. The van der Waals surface area contributed by atoms with Gasteiger partial charge in [-0.1, -0.05) is 29.8 Å². The number of imidazole rings is 1. The van der Waals surface area contributed by atoms with Gasteiger partial charge >= 0.3 is 0 Å². The van der Waals surface area contributed by atoms with Crippen LogP contribution in [-0.2, 0) is 13.1 Å². The predicted molar refractivity (Wildman–Crippen MR) is 85.6 cm³/mol. The summed E-state index contributed by atoms with van der Waals surface area (Å²) in [6.45, 7) is 5.52. The van der Waals surface area contributed by atoms with E-state index in [0.717, 1.165) is 34.7 Å². The molecule has 4 heteroatoms. The van der Waals surface area contributed by atoms with Gasteiger partial charge < -0.3 is 15.0 Å². The third kappa shape index (κ3) is 2.57. The Balaban J connectivity index is 1.89. The third-order valence-corrected chi connectivity index (χ3v) is 3.64. The van der Waals surface area contributed by atoms with Crippen LogP contribution >= 0.6 is 0 Å². The van der Waals surface area contributed by atoms with Crippen LogP contribution in [0.15, 0.2) is 42.5 Å². The molecule has 0 atom stereocenters. The highest BCUT2D eigenvalue weighted by Crippen LogP contribution is 2.22. The predicted octanol–water partition coefficient (Wildman–Crippen LogP) is 3.68. The number of nitrogens with zero attached hydrogens (tertiary/aromatic N) is 2. The van der Waals surface area contributed by atoms with Gasteiger partial charge in [0, 0.05) is 18.7 Å². The van der Waals surface area contributed by atoms with Gasteiger partial charge in [-0.3, -0.25) is 0 Å². The van der Waals surface area contributed by atoms with Gasteiger partial charge in [0.25, 0.3) is 0 Å². The summed E-state index contributed by atoms with van der Waals surface area (Å²) in [5.41, 5.74) is 4.12. The molecule has 2 aromatic carbocycles. The van der Waals surface area contributed by atoms with E-state index in [0.29, 0.717) is 12.3 Å². The van der Waals surface area contributed by atoms with Crippen LogP contribution in [0.2, 0.25) is 0 Å². The average Bonchev–Trinajstić information content (AvgIpc) is 2.85. The zero-order valence-electron chi connectivity index (χ0n) is 12.3. The van der Waals surface area contributed by atoms with Crippen LogP contribution in [0, 0.1) is 6.92 Å². The van der Waals surface area contributed by atoms with Crippen molar-refractivity contribution < 1.29 is 5.11 Å². The molecule has 0 spiro atoms. The van der Waals surface area contributed by atoms with Crippen LogP contribution in [0.1, 0.15) is 18.1 Å². The summed E-state index contributed by atoms with van der Waals surface area (Å²) in [6, 6.07) is 13.7. The van der Waals surface area contributed by atoms with Gasteiger partial charge in [0.05, 0.1) is 11.0 Å². The van der Waals surface area contributed by atoms with Crippen molar-refractivity contribution in [3.63, 3.8) is 0 Å². The zero-order chi connectivity index (χ0) is 14.8. The maximum absolute atomic E-state index is 9.91. The molecular weight excluding hydrogens is 262 g/mol. The Labute approximate surface area is 124 Å². The van der Waals surface area contributed by atoms with E-state index in [1.54, 1.807) is 6.07 Å². The second-order valence-electron chi connectivity index (χ2n) is 5.15. The molecule has 1 aromatic heterocycles. The fraction of sp³-hybridized carbons (Fsp3) is 0.235. The van der Waals surface area contributed by atoms with E-state index in [1.807, 2.05) is 37.3 Å². The Morgan fingerprint density at radius 2 is 2.00 bits per heavy atom. The second-order valence-corrected chi connectivity index (χ2v) is 5.15. The highest BCUT2D eigenvalue weighted by atomic mass is 16.3. The van der Waals surface area contributed by atoms with Crippen LogP contribution in [0.3, 0.4) is 0 Å². The topological polar surface area (TPSA) is 50.1 Å². The Bertz CT molecular complexity index is 777. The van der Waals surface area contributed by atoms with E-state index in [2.05, 4.69) is 27.9 Å². The molecule has 4 nitrogen and oxygen atoms in total. The Morgan fingerprint density at radius 3 is 2.81 bits per heavy atom. The van der Waals surface area contributed by atoms with Crippen molar-refractivity contribution in [1.29, 1.82) is 0 Å². The first kappa shape index (κ1) is 13.5. The van der Waals surface area contributed by atoms with E-state index < -0.39 is 0 Å². The number of hydrogen-bond donors (Lipinski definition) is 2. The van der Waals surface area contributed by atoms with Crippen LogP contribution in [0.5, 0.6) is 5.75 Å². The van der Waals surface area contributed by atoms with E-state index in [4.69, 9.17) is 0 Å². The molecular formula is C17H19N3O. The number of fused-ring (bicyclic) bond motifs is 1. The first-order valence-corrected chi connectivity index (χ1v) is 7.16. The lowest BCUT2D eigenvalue weighted by atomic mass is 10.1. The number of anilines is 1. The smallest absolute Gasteiger partial charge is 0.204 e. The maximum atomic E-state index is 9.91. The number of phenols is 1. The minimum atomic E-state index is 0.312. The summed E-state index contributed by atoms with van der Waals surface area (Å²) >= 11 is 0. The van der Waals surface area contributed by atoms with E-state index >= 15 is 0 Å². The monoisotopic (exact) mass is 281 g/mol. The first-order valence-electron chi connectivity index (χ1n) is 7.16. The lowest BCUT2D eigenvalue weighted by molar-refractivity contribution is 0.469. The molecule has 108 valence electrons. The fourth-order valence-electron chi connectivity index (χ4n) is 2.56. The van der Waals surface area contributed by atoms with Crippen molar-refractivity contribution in [1.82, 2.24) is 9.55 Å². The van der Waals surface area contributed by atoms with Gasteiger partial charge in [0.1, 0.15) is 5.75 Å². The lowest BCUT2D eigenvalue weighted by Gasteiger charge is -2.10. The normalized spacial score (nSPS) is 11.0. The van der Waals surface area contributed by atoms with Gasteiger partial charge in [-0.05, 0) is 32.0 Å². The number of hydrogen-bond acceptors (Lipinski definition) is 3. The number of para-hydroxylation sites is 2. The number of aryl methyl sites for hydroxylation is 2. The van der Waals surface area contributed by atoms with Crippen molar-refractivity contribution in [3.8, 4) is 5.75 Å². The molecule has 0 saturated carbocycles. The van der Waals surface area contributed by atoms with Gasteiger partial charge in [0.2, 0.25) is 5.95 Å². The van der Waals surface area contributed by atoms with E-state index in [9.17, 15) is 5.11 Å². The minimum Gasteiger partial charge on any atom is -0.508 e. The van der Waals surface area contributed by atoms with Gasteiger partial charge in [-0.25, -0.2) is 4.98 Å². The molecule has 0 aliphatic heterocycles. The summed E-state index contributed by atoms with van der Waals surface area (Å²) < 4.78 is 2.14. The van der Waals surface area contributed by atoms with Crippen LogP contribution < -0.4 is 5.32 Å². The SMILES string of the molecule is CCn1c(NCc2cc(C)ccc2O)nc2ccccc21. The molecule has 1 heterocycles. The summed E-state index contributed by atoms with van der Waals surface area (Å²) in [5, 5.41) is 13.2. The highest BCUT2D eigenvalue weighted by molar-refractivity contribution is 5.78. The standard InChI is InChI=1S/C17H19N3O/c1-3-20-15-7-5-4-6-14(15)19-17(20)18-11-13-10-12(2)8-9-16(13)21/h4-10,21H,3,11H2,1-2H3,(H,18,19). The van der Waals surface area contributed by atoms with Crippen LogP contribution in [-0.4, -0.2) is 14.7 Å². The zero-order valence-corrected chi connectivity index (χ0v) is 12.3. The Kier molecular flexibility index (Phi) is 3.52. The van der Waals surface area contributed by atoms with Crippen molar-refractivity contribution in [2.45, 2.75) is 26.9 Å². The molecule has 21 heavy (non-hydrogen) atoms. The third-order valence-electron chi connectivity index (χ3n) is 3.64. The summed E-state index contributed by atoms with van der Waals surface area (Å²) in [5.74, 6) is 1.15. The average molecular weight is 281 g/mol. The fourth-order valence-corrected chi connectivity index (χ4v) is 2.56. The highest BCUT2D eigenvalue weighted by Gasteiger charge is 2.09. The van der Waals surface area contributed by atoms with E-state index in [1.165, 1.54) is 0 Å². The molecule has 0 fully saturated rings. The number of benzene rings is 2. The van der Waals surface area contributed by atoms with Gasteiger partial charge in [0.15, 0.2) is 0 Å². The van der Waals surface area contributed by atoms with Crippen LogP contribution in [0.25, 0.3) is 11.0 Å². The second kappa shape index (κ2) is 5.48. The largest absolute Gasteiger partial charge is 0.508 e. The number of aromatic hydroxyl groups is 1. The number of rotatable bonds is 4. The first-order chi connectivity index (χ1) is 10.2. The molecule has 0 bridgehead atoms. The maximum Gasteiger partial charge on any atom is 0.204 e. The molecule has 3 rings (SSSR count). The van der Waals surface area contributed by atoms with Gasteiger partial charge in [-0.2, -0.15) is 0 Å². The van der Waals surface area contributed by atoms with Gasteiger partial charge in [-0.15, -0.1) is 0 Å². The molecule has 3 aromatic rings.